The highest BCUT2D eigenvalue weighted by molar-refractivity contribution is 6.31. The summed E-state index contributed by atoms with van der Waals surface area (Å²) in [6.45, 7) is 4.98. The molecule has 3 heterocycles. The van der Waals surface area contributed by atoms with Crippen molar-refractivity contribution in [3.8, 4) is 0 Å². The Morgan fingerprint density at radius 2 is 2.00 bits per heavy atom. The Labute approximate surface area is 192 Å². The monoisotopic (exact) mass is 451 g/mol. The Morgan fingerprint density at radius 3 is 2.75 bits per heavy atom. The molecule has 0 N–H and O–H groups in total. The predicted molar refractivity (Wildman–Crippen MR) is 126 cm³/mol. The summed E-state index contributed by atoms with van der Waals surface area (Å²) in [5.41, 5.74) is 3.54. The van der Waals surface area contributed by atoms with Gasteiger partial charge in [-0.05, 0) is 81.5 Å². The van der Waals surface area contributed by atoms with Crippen LogP contribution in [-0.2, 0) is 16.0 Å². The van der Waals surface area contributed by atoms with Crippen LogP contribution in [0.2, 0.25) is 5.02 Å². The number of hydrogen-bond donors (Lipinski definition) is 0. The van der Waals surface area contributed by atoms with E-state index in [1.807, 2.05) is 25.1 Å². The molecule has 3 aliphatic rings. The largest absolute Gasteiger partial charge is 0.462 e. The number of nitrogens with zero attached hydrogens (tertiary/aromatic N) is 3. The standard InChI is InChI=1S/C25H26ClN3O3/c1-3-32-23(30)17-8-11-20(12-9-17)29-24(31)25(16(2)27-29)15-18-7-10-19(26)14-21(18)28-13-5-4-6-22(25)28/h7-12,14,22H,3-6,13,15H2,1-2H3/t22-,25+/m0/s1. The number of fused-ring (bicyclic) bond motifs is 4. The molecule has 2 aromatic rings. The molecular weight excluding hydrogens is 426 g/mol. The zero-order valence-corrected chi connectivity index (χ0v) is 19.1. The van der Waals surface area contributed by atoms with Crippen molar-refractivity contribution in [2.45, 2.75) is 45.6 Å². The van der Waals surface area contributed by atoms with E-state index in [9.17, 15) is 9.59 Å². The predicted octanol–water partition coefficient (Wildman–Crippen LogP) is 4.84. The van der Waals surface area contributed by atoms with Crippen molar-refractivity contribution < 1.29 is 14.3 Å². The van der Waals surface area contributed by atoms with E-state index in [1.54, 1.807) is 31.2 Å². The Bertz CT molecular complexity index is 1110. The molecule has 0 bridgehead atoms. The van der Waals surface area contributed by atoms with Crippen molar-refractivity contribution in [1.82, 2.24) is 0 Å². The van der Waals surface area contributed by atoms with Crippen LogP contribution < -0.4 is 9.91 Å². The lowest BCUT2D eigenvalue weighted by Crippen LogP contribution is -2.61. The third-order valence-electron chi connectivity index (χ3n) is 6.99. The molecule has 5 rings (SSSR count). The number of piperidine rings is 1. The zero-order valence-electron chi connectivity index (χ0n) is 18.3. The first-order valence-corrected chi connectivity index (χ1v) is 11.6. The number of amides is 1. The number of anilines is 2. The van der Waals surface area contributed by atoms with Gasteiger partial charge < -0.3 is 9.64 Å². The summed E-state index contributed by atoms with van der Waals surface area (Å²) < 4.78 is 5.06. The van der Waals surface area contributed by atoms with Crippen LogP contribution in [0.4, 0.5) is 11.4 Å². The first-order chi connectivity index (χ1) is 15.5. The van der Waals surface area contributed by atoms with E-state index in [1.165, 1.54) is 5.01 Å². The fraction of sp³-hybridized carbons (Fsp3) is 0.400. The molecule has 1 fully saturated rings. The minimum atomic E-state index is -0.693. The van der Waals surface area contributed by atoms with Gasteiger partial charge in [0.15, 0.2) is 0 Å². The summed E-state index contributed by atoms with van der Waals surface area (Å²) in [5, 5.41) is 6.97. The molecule has 6 nitrogen and oxygen atoms in total. The van der Waals surface area contributed by atoms with E-state index in [-0.39, 0.29) is 17.9 Å². The molecule has 1 amide bonds. The second-order valence-electron chi connectivity index (χ2n) is 8.70. The summed E-state index contributed by atoms with van der Waals surface area (Å²) in [4.78, 5) is 28.4. The number of hydrazone groups is 1. The van der Waals surface area contributed by atoms with Gasteiger partial charge in [0.1, 0.15) is 5.41 Å². The topological polar surface area (TPSA) is 62.2 Å². The summed E-state index contributed by atoms with van der Waals surface area (Å²) in [6, 6.07) is 12.9. The lowest BCUT2D eigenvalue weighted by atomic mass is 9.66. The minimum absolute atomic E-state index is 0.00335. The molecule has 0 saturated carbocycles. The van der Waals surface area contributed by atoms with Crippen LogP contribution in [0.3, 0.4) is 0 Å². The van der Waals surface area contributed by atoms with E-state index in [4.69, 9.17) is 21.4 Å². The molecule has 1 spiro atoms. The van der Waals surface area contributed by atoms with Gasteiger partial charge in [0.05, 0.1) is 23.6 Å². The molecule has 1 saturated heterocycles. The fourth-order valence-corrected chi connectivity index (χ4v) is 5.61. The SMILES string of the molecule is CCOC(=O)c1ccc(N2N=C(C)[C@@]3(Cc4ccc(Cl)cc4N4CCCC[C@H]43)C2=O)cc1. The molecule has 0 radical (unpaired) electrons. The van der Waals surface area contributed by atoms with Crippen LogP contribution in [0.5, 0.6) is 0 Å². The Hall–Kier alpha value is -2.86. The Balaban J connectivity index is 1.52. The maximum absolute atomic E-state index is 14.0. The molecule has 7 heteroatoms. The van der Waals surface area contributed by atoms with Gasteiger partial charge in [0.2, 0.25) is 0 Å². The van der Waals surface area contributed by atoms with Gasteiger partial charge in [-0.2, -0.15) is 10.1 Å². The highest BCUT2D eigenvalue weighted by atomic mass is 35.5. The van der Waals surface area contributed by atoms with Crippen LogP contribution in [0.25, 0.3) is 0 Å². The number of esters is 1. The van der Waals surface area contributed by atoms with E-state index in [0.29, 0.717) is 24.3 Å². The van der Waals surface area contributed by atoms with Gasteiger partial charge in [-0.3, -0.25) is 4.79 Å². The van der Waals surface area contributed by atoms with Crippen molar-refractivity contribution in [2.75, 3.05) is 23.1 Å². The van der Waals surface area contributed by atoms with Crippen molar-refractivity contribution in [3.05, 3.63) is 58.6 Å². The number of ether oxygens (including phenoxy) is 1. The van der Waals surface area contributed by atoms with Crippen molar-refractivity contribution in [3.63, 3.8) is 0 Å². The quantitative estimate of drug-likeness (QED) is 0.626. The second-order valence-corrected chi connectivity index (χ2v) is 9.13. The molecule has 2 atom stereocenters. The van der Waals surface area contributed by atoms with E-state index >= 15 is 0 Å². The zero-order chi connectivity index (χ0) is 22.5. The van der Waals surface area contributed by atoms with Gasteiger partial charge in [-0.25, -0.2) is 4.79 Å². The average Bonchev–Trinajstić information content (AvgIpc) is 3.05. The Kier molecular flexibility index (Phi) is 5.20. The fourth-order valence-electron chi connectivity index (χ4n) is 5.45. The van der Waals surface area contributed by atoms with Crippen LogP contribution in [0.15, 0.2) is 47.6 Å². The molecule has 0 unspecified atom stereocenters. The number of halogens is 1. The van der Waals surface area contributed by atoms with Crippen molar-refractivity contribution in [2.24, 2.45) is 10.5 Å². The van der Waals surface area contributed by atoms with Gasteiger partial charge in [0, 0.05) is 23.3 Å². The highest BCUT2D eigenvalue weighted by Crippen LogP contribution is 2.50. The first-order valence-electron chi connectivity index (χ1n) is 11.2. The number of benzene rings is 2. The minimum Gasteiger partial charge on any atom is -0.462 e. The van der Waals surface area contributed by atoms with E-state index in [2.05, 4.69) is 4.90 Å². The normalized spacial score (nSPS) is 24.3. The summed E-state index contributed by atoms with van der Waals surface area (Å²) in [7, 11) is 0. The van der Waals surface area contributed by atoms with Crippen LogP contribution in [-0.4, -0.2) is 36.8 Å². The summed E-state index contributed by atoms with van der Waals surface area (Å²) in [5.74, 6) is -0.375. The van der Waals surface area contributed by atoms with Crippen molar-refractivity contribution in [1.29, 1.82) is 0 Å². The maximum Gasteiger partial charge on any atom is 0.338 e. The number of carbonyl (C=O) groups excluding carboxylic acids is 2. The first kappa shape index (κ1) is 21.0. The molecular formula is C25H26ClN3O3. The van der Waals surface area contributed by atoms with Gasteiger partial charge in [0.25, 0.3) is 5.91 Å². The summed E-state index contributed by atoms with van der Waals surface area (Å²) >= 11 is 6.32. The molecule has 166 valence electrons. The number of carbonyl (C=O) groups is 2. The lowest BCUT2D eigenvalue weighted by molar-refractivity contribution is -0.125. The summed E-state index contributed by atoms with van der Waals surface area (Å²) in [6.07, 6.45) is 3.75. The molecule has 3 aliphatic heterocycles. The molecule has 0 aliphatic carbocycles. The lowest BCUT2D eigenvalue weighted by Gasteiger charge is -2.51. The molecule has 0 aromatic heterocycles. The van der Waals surface area contributed by atoms with Crippen LogP contribution in [0.1, 0.15) is 49.0 Å². The van der Waals surface area contributed by atoms with Gasteiger partial charge in [-0.15, -0.1) is 0 Å². The number of rotatable bonds is 3. The molecule has 32 heavy (non-hydrogen) atoms. The number of hydrogen-bond acceptors (Lipinski definition) is 5. The average molecular weight is 452 g/mol. The van der Waals surface area contributed by atoms with Crippen LogP contribution >= 0.6 is 11.6 Å². The molecule has 2 aromatic carbocycles. The third kappa shape index (κ3) is 3.12. The van der Waals surface area contributed by atoms with Gasteiger partial charge >= 0.3 is 5.97 Å². The Morgan fingerprint density at radius 1 is 1.22 bits per heavy atom. The highest BCUT2D eigenvalue weighted by Gasteiger charge is 2.59. The van der Waals surface area contributed by atoms with Crippen LogP contribution in [0, 0.1) is 5.41 Å². The maximum atomic E-state index is 14.0. The van der Waals surface area contributed by atoms with Gasteiger partial charge in [-0.1, -0.05) is 17.7 Å². The smallest absolute Gasteiger partial charge is 0.338 e. The third-order valence-corrected chi connectivity index (χ3v) is 7.23. The second kappa shape index (κ2) is 7.93. The van der Waals surface area contributed by atoms with E-state index in [0.717, 1.165) is 47.8 Å². The van der Waals surface area contributed by atoms with Crippen molar-refractivity contribution >= 4 is 40.6 Å². The van der Waals surface area contributed by atoms with E-state index < -0.39 is 5.41 Å².